The van der Waals surface area contributed by atoms with Crippen molar-refractivity contribution in [2.24, 2.45) is 0 Å². The Kier molecular flexibility index (Phi) is 5.33. The van der Waals surface area contributed by atoms with Gasteiger partial charge in [-0.05, 0) is 6.07 Å². The van der Waals surface area contributed by atoms with Gasteiger partial charge in [-0.15, -0.1) is 0 Å². The third-order valence-electron chi connectivity index (χ3n) is 1.21. The van der Waals surface area contributed by atoms with E-state index in [9.17, 15) is 0 Å². The molecule has 3 nitrogen and oxygen atoms in total. The van der Waals surface area contributed by atoms with Crippen molar-refractivity contribution < 1.29 is 5.11 Å². The van der Waals surface area contributed by atoms with Gasteiger partial charge in [-0.1, -0.05) is 30.9 Å². The van der Waals surface area contributed by atoms with Crippen LogP contribution in [0.15, 0.2) is 30.8 Å². The van der Waals surface area contributed by atoms with Crippen molar-refractivity contribution in [3.63, 3.8) is 0 Å². The topological polar surface area (TPSA) is 67.8 Å². The number of hydrogen-bond acceptors (Lipinski definition) is 3. The van der Waals surface area contributed by atoms with Gasteiger partial charge in [0.1, 0.15) is 5.75 Å². The summed E-state index contributed by atoms with van der Waals surface area (Å²) in [6, 6.07) is 9.55. The van der Waals surface area contributed by atoms with E-state index in [2.05, 4.69) is 6.58 Å². The Hall–Kier alpha value is -2.26. The summed E-state index contributed by atoms with van der Waals surface area (Å²) in [7, 11) is 0. The lowest BCUT2D eigenvalue weighted by atomic mass is 10.2. The third-order valence-corrected chi connectivity index (χ3v) is 1.21. The number of rotatable bonds is 1. The predicted molar refractivity (Wildman–Crippen MR) is 49.4 cm³/mol. The Bertz CT molecular complexity index is 346. The predicted octanol–water partition coefficient (Wildman–Crippen LogP) is 2.07. The van der Waals surface area contributed by atoms with E-state index < -0.39 is 0 Å². The second-order valence-corrected chi connectivity index (χ2v) is 1.99. The van der Waals surface area contributed by atoms with Crippen molar-refractivity contribution in [1.82, 2.24) is 0 Å². The van der Waals surface area contributed by atoms with Crippen LogP contribution < -0.4 is 0 Å². The molecular formula is C10H8N2O. The number of phenols is 1. The molecule has 1 rings (SSSR count). The van der Waals surface area contributed by atoms with Crippen molar-refractivity contribution in [1.29, 1.82) is 10.5 Å². The number of nitrogens with zero attached hydrogens (tertiary/aromatic N) is 2. The van der Waals surface area contributed by atoms with Gasteiger partial charge in [0.05, 0.1) is 0 Å². The van der Waals surface area contributed by atoms with Gasteiger partial charge in [0, 0.05) is 5.56 Å². The van der Waals surface area contributed by atoms with Crippen LogP contribution in [0.1, 0.15) is 5.56 Å². The van der Waals surface area contributed by atoms with E-state index in [4.69, 9.17) is 15.6 Å². The minimum Gasteiger partial charge on any atom is -0.507 e. The van der Waals surface area contributed by atoms with Crippen molar-refractivity contribution in [3.8, 4) is 17.9 Å². The molecule has 0 aliphatic rings. The summed E-state index contributed by atoms with van der Waals surface area (Å²) in [5.74, 6) is 0.285. The Balaban J connectivity index is 0.000000310. The van der Waals surface area contributed by atoms with Crippen LogP contribution in [0.25, 0.3) is 6.08 Å². The highest BCUT2D eigenvalue weighted by Gasteiger charge is 1.89. The SMILES string of the molecule is C=Cc1ccccc1O.N#CC#N. The Morgan fingerprint density at radius 3 is 2.08 bits per heavy atom. The van der Waals surface area contributed by atoms with Crippen molar-refractivity contribution in [3.05, 3.63) is 36.4 Å². The van der Waals surface area contributed by atoms with E-state index in [0.29, 0.717) is 0 Å². The van der Waals surface area contributed by atoms with Crippen LogP contribution in [0.2, 0.25) is 0 Å². The Morgan fingerprint density at radius 2 is 1.77 bits per heavy atom. The number of nitriles is 2. The first-order chi connectivity index (χ1) is 6.26. The largest absolute Gasteiger partial charge is 0.507 e. The van der Waals surface area contributed by atoms with Gasteiger partial charge in [-0.3, -0.25) is 0 Å². The monoisotopic (exact) mass is 172 g/mol. The molecular weight excluding hydrogens is 164 g/mol. The first-order valence-electron chi connectivity index (χ1n) is 3.45. The van der Waals surface area contributed by atoms with Crippen molar-refractivity contribution in [2.45, 2.75) is 0 Å². The van der Waals surface area contributed by atoms with Gasteiger partial charge in [-0.25, -0.2) is 0 Å². The number of aromatic hydroxyl groups is 1. The van der Waals surface area contributed by atoms with Gasteiger partial charge in [0.15, 0.2) is 12.1 Å². The number of phenolic OH excluding ortho intramolecular Hbond substituents is 1. The Morgan fingerprint density at radius 1 is 1.23 bits per heavy atom. The second-order valence-electron chi connectivity index (χ2n) is 1.99. The average molecular weight is 172 g/mol. The van der Waals surface area contributed by atoms with Gasteiger partial charge in [0.25, 0.3) is 0 Å². The zero-order valence-corrected chi connectivity index (χ0v) is 6.94. The molecule has 3 heteroatoms. The summed E-state index contributed by atoms with van der Waals surface area (Å²) in [6.07, 6.45) is 1.62. The second kappa shape index (κ2) is 6.45. The number of benzene rings is 1. The van der Waals surface area contributed by atoms with Crippen LogP contribution in [-0.2, 0) is 0 Å². The molecule has 0 saturated carbocycles. The molecule has 0 amide bonds. The highest BCUT2D eigenvalue weighted by Crippen LogP contribution is 2.15. The molecule has 1 aromatic carbocycles. The summed E-state index contributed by atoms with van der Waals surface area (Å²) in [5, 5.41) is 23.6. The molecule has 0 radical (unpaired) electrons. The lowest BCUT2D eigenvalue weighted by Crippen LogP contribution is -1.69. The van der Waals surface area contributed by atoms with Crippen LogP contribution in [-0.4, -0.2) is 5.11 Å². The fourth-order valence-corrected chi connectivity index (χ4v) is 0.660. The highest BCUT2D eigenvalue weighted by molar-refractivity contribution is 5.54. The summed E-state index contributed by atoms with van der Waals surface area (Å²) in [4.78, 5) is 0. The summed E-state index contributed by atoms with van der Waals surface area (Å²) in [6.45, 7) is 3.53. The maximum Gasteiger partial charge on any atom is 0.181 e. The molecule has 64 valence electrons. The van der Waals surface area contributed by atoms with Gasteiger partial charge in [-0.2, -0.15) is 10.5 Å². The zero-order valence-electron chi connectivity index (χ0n) is 6.94. The van der Waals surface area contributed by atoms with Gasteiger partial charge in [0.2, 0.25) is 0 Å². The van der Waals surface area contributed by atoms with Crippen molar-refractivity contribution in [2.75, 3.05) is 0 Å². The third kappa shape index (κ3) is 4.23. The maximum absolute atomic E-state index is 9.04. The van der Waals surface area contributed by atoms with Gasteiger partial charge >= 0.3 is 0 Å². The van der Waals surface area contributed by atoms with Crippen LogP contribution in [0, 0.1) is 22.7 Å². The maximum atomic E-state index is 9.04. The molecule has 0 saturated heterocycles. The molecule has 0 aliphatic carbocycles. The standard InChI is InChI=1S/C8H8O.C2N2/c1-2-7-5-3-4-6-8(7)9;3-1-2-4/h2-6,9H,1H2;. The normalized spacial score (nSPS) is 6.92. The molecule has 1 N–H and O–H groups in total. The molecule has 0 unspecified atom stereocenters. The zero-order chi connectivity index (χ0) is 10.1. The summed E-state index contributed by atoms with van der Waals surface area (Å²) in [5.41, 5.74) is 0.775. The van der Waals surface area contributed by atoms with E-state index >= 15 is 0 Å². The van der Waals surface area contributed by atoms with Crippen LogP contribution in [0.5, 0.6) is 5.75 Å². The quantitative estimate of drug-likeness (QED) is 0.705. The van der Waals surface area contributed by atoms with Crippen LogP contribution >= 0.6 is 0 Å². The van der Waals surface area contributed by atoms with E-state index in [0.717, 1.165) is 5.56 Å². The van der Waals surface area contributed by atoms with Crippen molar-refractivity contribution >= 4 is 6.08 Å². The first kappa shape index (κ1) is 10.7. The van der Waals surface area contributed by atoms with Crippen LogP contribution in [0.4, 0.5) is 0 Å². The molecule has 1 aromatic rings. The molecule has 0 bridgehead atoms. The van der Waals surface area contributed by atoms with E-state index in [-0.39, 0.29) is 5.75 Å². The number of para-hydroxylation sites is 1. The molecule has 0 aromatic heterocycles. The molecule has 0 atom stereocenters. The van der Waals surface area contributed by atoms with Gasteiger partial charge < -0.3 is 5.11 Å². The molecule has 0 heterocycles. The molecule has 13 heavy (non-hydrogen) atoms. The smallest absolute Gasteiger partial charge is 0.181 e. The Labute approximate surface area is 76.8 Å². The minimum atomic E-state index is 0.285. The van der Waals surface area contributed by atoms with E-state index in [1.807, 2.05) is 12.1 Å². The molecule has 0 fully saturated rings. The van der Waals surface area contributed by atoms with E-state index in [1.165, 1.54) is 12.1 Å². The average Bonchev–Trinajstić information content (AvgIpc) is 2.19. The minimum absolute atomic E-state index is 0.285. The summed E-state index contributed by atoms with van der Waals surface area (Å²) >= 11 is 0. The van der Waals surface area contributed by atoms with E-state index in [1.54, 1.807) is 18.2 Å². The molecule has 0 spiro atoms. The first-order valence-corrected chi connectivity index (χ1v) is 3.45. The number of hydrogen-bond donors (Lipinski definition) is 1. The lowest BCUT2D eigenvalue weighted by molar-refractivity contribution is 0.474. The highest BCUT2D eigenvalue weighted by atomic mass is 16.3. The lowest BCUT2D eigenvalue weighted by Gasteiger charge is -1.93. The fraction of sp³-hybridized carbons (Fsp3) is 0. The van der Waals surface area contributed by atoms with Crippen LogP contribution in [0.3, 0.4) is 0 Å². The summed E-state index contributed by atoms with van der Waals surface area (Å²) < 4.78 is 0. The molecule has 0 aliphatic heterocycles. The fourth-order valence-electron chi connectivity index (χ4n) is 0.660.